The van der Waals surface area contributed by atoms with Gasteiger partial charge in [-0.25, -0.2) is 0 Å². The summed E-state index contributed by atoms with van der Waals surface area (Å²) in [6.07, 6.45) is 9.42. The number of likely N-dealkylation sites (tertiary alicyclic amines) is 1. The van der Waals surface area contributed by atoms with Crippen LogP contribution in [0.25, 0.3) is 0 Å². The maximum Gasteiger partial charge on any atom is 0.251 e. The molecule has 1 saturated heterocycles. The van der Waals surface area contributed by atoms with E-state index < -0.39 is 0 Å². The number of benzene rings is 1. The van der Waals surface area contributed by atoms with E-state index in [1.807, 2.05) is 23.1 Å². The van der Waals surface area contributed by atoms with Crippen LogP contribution in [0.4, 0.5) is 5.69 Å². The summed E-state index contributed by atoms with van der Waals surface area (Å²) in [7, 11) is 0. The van der Waals surface area contributed by atoms with Crippen molar-refractivity contribution in [2.45, 2.75) is 78.7 Å². The Morgan fingerprint density at radius 3 is 2.26 bits per heavy atom. The molecule has 2 aliphatic rings. The second kappa shape index (κ2) is 13.8. The lowest BCUT2D eigenvalue weighted by Gasteiger charge is -2.30. The third kappa shape index (κ3) is 8.38. The monoisotopic (exact) mass is 470 g/mol. The lowest BCUT2D eigenvalue weighted by atomic mass is 10.0. The van der Waals surface area contributed by atoms with Crippen molar-refractivity contribution in [1.29, 1.82) is 0 Å². The van der Waals surface area contributed by atoms with E-state index in [9.17, 15) is 9.59 Å². The number of nitrogens with zero attached hydrogens (tertiary/aromatic N) is 3. The standard InChI is InChI=1S/C28H46N4O2/c1-23(2)21-31-17-7-5-4-6-8-19-32(24(3)33)27-13-12-25(20-26(27)22-31)28(34)29-14-11-18-30-15-9-10-16-30/h12-13,20,23H,4-11,14-19,21-22H2,1-3H3,(H,29,34). The molecule has 1 fully saturated rings. The molecule has 34 heavy (non-hydrogen) atoms. The molecule has 0 bridgehead atoms. The Labute approximate surface area is 207 Å². The van der Waals surface area contributed by atoms with Crippen LogP contribution in [0.15, 0.2) is 18.2 Å². The number of rotatable bonds is 7. The zero-order valence-corrected chi connectivity index (χ0v) is 21.8. The number of hydrogen-bond donors (Lipinski definition) is 1. The molecule has 1 N–H and O–H groups in total. The van der Waals surface area contributed by atoms with Gasteiger partial charge in [0.05, 0.1) is 0 Å². The van der Waals surface area contributed by atoms with Crippen molar-refractivity contribution in [1.82, 2.24) is 15.1 Å². The van der Waals surface area contributed by atoms with Gasteiger partial charge in [-0.15, -0.1) is 0 Å². The zero-order valence-electron chi connectivity index (χ0n) is 21.8. The molecule has 1 aromatic carbocycles. The van der Waals surface area contributed by atoms with Crippen LogP contribution in [0.1, 0.15) is 88.1 Å². The summed E-state index contributed by atoms with van der Waals surface area (Å²) >= 11 is 0. The molecule has 1 aromatic rings. The van der Waals surface area contributed by atoms with Gasteiger partial charge < -0.3 is 15.1 Å². The highest BCUT2D eigenvalue weighted by Gasteiger charge is 2.20. The summed E-state index contributed by atoms with van der Waals surface area (Å²) in [6.45, 7) is 13.9. The van der Waals surface area contributed by atoms with E-state index in [1.165, 1.54) is 45.2 Å². The van der Waals surface area contributed by atoms with E-state index in [-0.39, 0.29) is 11.8 Å². The van der Waals surface area contributed by atoms with E-state index in [1.54, 1.807) is 6.92 Å². The molecule has 0 unspecified atom stereocenters. The predicted molar refractivity (Wildman–Crippen MR) is 140 cm³/mol. The number of carbonyl (C=O) groups excluding carboxylic acids is 2. The van der Waals surface area contributed by atoms with Gasteiger partial charge >= 0.3 is 0 Å². The first-order chi connectivity index (χ1) is 16.4. The average molecular weight is 471 g/mol. The molecule has 190 valence electrons. The summed E-state index contributed by atoms with van der Waals surface area (Å²) in [6, 6.07) is 5.92. The third-order valence-corrected chi connectivity index (χ3v) is 7.02. The maximum atomic E-state index is 13.0. The minimum atomic E-state index is -0.0138. The molecular weight excluding hydrogens is 424 g/mol. The quantitative estimate of drug-likeness (QED) is 0.588. The highest BCUT2D eigenvalue weighted by molar-refractivity contribution is 5.97. The van der Waals surface area contributed by atoms with Gasteiger partial charge in [-0.2, -0.15) is 0 Å². The van der Waals surface area contributed by atoms with Crippen LogP contribution in [-0.4, -0.2) is 67.4 Å². The van der Waals surface area contributed by atoms with E-state index in [0.717, 1.165) is 63.2 Å². The topological polar surface area (TPSA) is 55.9 Å². The number of anilines is 1. The molecule has 6 nitrogen and oxygen atoms in total. The first kappa shape index (κ1) is 26.7. The summed E-state index contributed by atoms with van der Waals surface area (Å²) in [5, 5.41) is 3.12. The number of fused-ring (bicyclic) bond motifs is 1. The van der Waals surface area contributed by atoms with Crippen molar-refractivity contribution in [2.24, 2.45) is 5.92 Å². The molecule has 0 atom stereocenters. The number of carbonyl (C=O) groups is 2. The van der Waals surface area contributed by atoms with Crippen LogP contribution < -0.4 is 10.2 Å². The Kier molecular flexibility index (Phi) is 10.9. The minimum Gasteiger partial charge on any atom is -0.352 e. The van der Waals surface area contributed by atoms with Crippen molar-refractivity contribution < 1.29 is 9.59 Å². The predicted octanol–water partition coefficient (Wildman–Crippen LogP) is 4.68. The van der Waals surface area contributed by atoms with Crippen molar-refractivity contribution >= 4 is 17.5 Å². The highest BCUT2D eigenvalue weighted by atomic mass is 16.2. The van der Waals surface area contributed by atoms with Gasteiger partial charge in [0, 0.05) is 44.4 Å². The van der Waals surface area contributed by atoms with Crippen LogP contribution in [0, 0.1) is 5.92 Å². The molecule has 2 heterocycles. The number of hydrogen-bond acceptors (Lipinski definition) is 4. The van der Waals surface area contributed by atoms with Crippen molar-refractivity contribution in [3.8, 4) is 0 Å². The van der Waals surface area contributed by atoms with Gasteiger partial charge in [-0.3, -0.25) is 14.5 Å². The Morgan fingerprint density at radius 2 is 1.56 bits per heavy atom. The largest absolute Gasteiger partial charge is 0.352 e. The first-order valence-corrected chi connectivity index (χ1v) is 13.6. The van der Waals surface area contributed by atoms with Gasteiger partial charge in [0.15, 0.2) is 0 Å². The maximum absolute atomic E-state index is 13.0. The molecule has 0 spiro atoms. The molecule has 0 saturated carbocycles. The normalized spacial score (nSPS) is 18.9. The lowest BCUT2D eigenvalue weighted by molar-refractivity contribution is -0.116. The number of amides is 2. The van der Waals surface area contributed by atoms with Crippen LogP contribution in [-0.2, 0) is 11.3 Å². The third-order valence-electron chi connectivity index (χ3n) is 7.02. The molecule has 2 amide bonds. The zero-order chi connectivity index (χ0) is 24.3. The Morgan fingerprint density at radius 1 is 0.912 bits per heavy atom. The smallest absolute Gasteiger partial charge is 0.251 e. The van der Waals surface area contributed by atoms with Crippen molar-refractivity contribution in [3.63, 3.8) is 0 Å². The van der Waals surface area contributed by atoms with Crippen LogP contribution in [0.5, 0.6) is 0 Å². The summed E-state index contributed by atoms with van der Waals surface area (Å²) in [5.74, 6) is 0.635. The SMILES string of the molecule is CC(=O)N1CCCCCCCN(CC(C)C)Cc2cc(C(=O)NCCCN3CCCC3)ccc21. The van der Waals surface area contributed by atoms with Crippen molar-refractivity contribution in [2.75, 3.05) is 50.7 Å². The second-order valence-electron chi connectivity index (χ2n) is 10.6. The fourth-order valence-corrected chi connectivity index (χ4v) is 5.30. The molecule has 2 aliphatic heterocycles. The summed E-state index contributed by atoms with van der Waals surface area (Å²) < 4.78 is 0. The lowest BCUT2D eigenvalue weighted by Crippen LogP contribution is -2.34. The van der Waals surface area contributed by atoms with Gasteiger partial charge in [0.1, 0.15) is 0 Å². The highest BCUT2D eigenvalue weighted by Crippen LogP contribution is 2.26. The van der Waals surface area contributed by atoms with Crippen LogP contribution in [0.2, 0.25) is 0 Å². The van der Waals surface area contributed by atoms with Gasteiger partial charge in [-0.1, -0.05) is 33.1 Å². The molecule has 6 heteroatoms. The van der Waals surface area contributed by atoms with Gasteiger partial charge in [-0.05, 0) is 88.0 Å². The fourth-order valence-electron chi connectivity index (χ4n) is 5.30. The van der Waals surface area contributed by atoms with E-state index in [0.29, 0.717) is 18.0 Å². The Balaban J connectivity index is 1.75. The van der Waals surface area contributed by atoms with E-state index in [4.69, 9.17) is 0 Å². The van der Waals surface area contributed by atoms with Crippen molar-refractivity contribution in [3.05, 3.63) is 29.3 Å². The minimum absolute atomic E-state index is 0.0138. The molecule has 0 aliphatic carbocycles. The van der Waals surface area contributed by atoms with Gasteiger partial charge in [0.2, 0.25) is 5.91 Å². The molecule has 3 rings (SSSR count). The summed E-state index contributed by atoms with van der Waals surface area (Å²) in [4.78, 5) is 32.4. The Hall–Kier alpha value is -1.92. The first-order valence-electron chi connectivity index (χ1n) is 13.6. The van der Waals surface area contributed by atoms with Crippen LogP contribution in [0.3, 0.4) is 0 Å². The molecule has 0 aromatic heterocycles. The van der Waals surface area contributed by atoms with Crippen LogP contribution >= 0.6 is 0 Å². The summed E-state index contributed by atoms with van der Waals surface area (Å²) in [5.41, 5.74) is 2.74. The number of nitrogens with one attached hydrogen (secondary N) is 1. The molecular formula is C28H46N4O2. The van der Waals surface area contributed by atoms with E-state index in [2.05, 4.69) is 29.0 Å². The average Bonchev–Trinajstić information content (AvgIpc) is 3.30. The molecule has 0 radical (unpaired) electrons. The fraction of sp³-hybridized carbons (Fsp3) is 0.714. The van der Waals surface area contributed by atoms with E-state index >= 15 is 0 Å². The Bertz CT molecular complexity index is 789. The van der Waals surface area contributed by atoms with Gasteiger partial charge in [0.25, 0.3) is 5.91 Å². The second-order valence-corrected chi connectivity index (χ2v) is 10.6.